The third-order valence-electron chi connectivity index (χ3n) is 4.49. The lowest BCUT2D eigenvalue weighted by molar-refractivity contribution is -0.121. The Hall–Kier alpha value is -2.91. The van der Waals surface area contributed by atoms with E-state index in [-0.39, 0.29) is 35.6 Å². The average Bonchev–Trinajstić information content (AvgIpc) is 3.18. The second kappa shape index (κ2) is 7.49. The van der Waals surface area contributed by atoms with E-state index in [0.29, 0.717) is 27.8 Å². The molecule has 29 heavy (non-hydrogen) atoms. The van der Waals surface area contributed by atoms with Crippen molar-refractivity contribution in [3.63, 3.8) is 0 Å². The molecule has 0 bridgehead atoms. The number of hydrogen-bond acceptors (Lipinski definition) is 7. The van der Waals surface area contributed by atoms with Gasteiger partial charge in [-0.1, -0.05) is 35.8 Å². The van der Waals surface area contributed by atoms with Crippen LogP contribution in [0.2, 0.25) is 5.02 Å². The number of rotatable bonds is 5. The van der Waals surface area contributed by atoms with Crippen LogP contribution in [0.4, 0.5) is 5.69 Å². The minimum absolute atomic E-state index is 0.0255. The standard InChI is InChI=1S/C19H16ClN3O5S/c1-2-29(25,26)12-7-8-16-15(9-12)23(18(24)11-27-16)10-17-21-19(22-28-17)13-5-3-4-6-14(13)20/h3-9H,2,10-11H2,1H3. The number of nitrogens with zero attached hydrogens (tertiary/aromatic N) is 3. The smallest absolute Gasteiger partial charge is 0.265 e. The highest BCUT2D eigenvalue weighted by Crippen LogP contribution is 2.35. The second-order valence-electron chi connectivity index (χ2n) is 6.29. The molecule has 3 aromatic rings. The molecule has 1 amide bonds. The zero-order valence-electron chi connectivity index (χ0n) is 15.3. The third kappa shape index (κ3) is 3.70. The maximum atomic E-state index is 12.5. The van der Waals surface area contributed by atoms with Gasteiger partial charge < -0.3 is 9.26 Å². The van der Waals surface area contributed by atoms with Crippen LogP contribution in [0.1, 0.15) is 12.8 Å². The molecule has 2 aromatic carbocycles. The van der Waals surface area contributed by atoms with Gasteiger partial charge in [-0.15, -0.1) is 0 Å². The third-order valence-corrected chi connectivity index (χ3v) is 6.55. The summed E-state index contributed by atoms with van der Waals surface area (Å²) >= 11 is 6.16. The van der Waals surface area contributed by atoms with Crippen LogP contribution in [0, 0.1) is 0 Å². The lowest BCUT2D eigenvalue weighted by Crippen LogP contribution is -2.38. The Morgan fingerprint density at radius 1 is 1.21 bits per heavy atom. The van der Waals surface area contributed by atoms with Crippen molar-refractivity contribution in [3.8, 4) is 17.1 Å². The second-order valence-corrected chi connectivity index (χ2v) is 8.98. The van der Waals surface area contributed by atoms with Gasteiger partial charge in [0, 0.05) is 5.56 Å². The van der Waals surface area contributed by atoms with Crippen LogP contribution in [0.15, 0.2) is 51.9 Å². The molecule has 0 saturated carbocycles. The van der Waals surface area contributed by atoms with E-state index in [2.05, 4.69) is 10.1 Å². The predicted molar refractivity (Wildman–Crippen MR) is 106 cm³/mol. The fourth-order valence-electron chi connectivity index (χ4n) is 2.92. The van der Waals surface area contributed by atoms with Crippen LogP contribution in [0.25, 0.3) is 11.4 Å². The fraction of sp³-hybridized carbons (Fsp3) is 0.211. The van der Waals surface area contributed by atoms with Crippen LogP contribution in [0.3, 0.4) is 0 Å². The molecule has 0 atom stereocenters. The predicted octanol–water partition coefficient (Wildman–Crippen LogP) is 3.11. The molecule has 1 aromatic heterocycles. The van der Waals surface area contributed by atoms with Crippen LogP contribution < -0.4 is 9.64 Å². The van der Waals surface area contributed by atoms with Crippen molar-refractivity contribution >= 4 is 33.0 Å². The number of halogens is 1. The molecule has 0 aliphatic carbocycles. The first-order valence-corrected chi connectivity index (χ1v) is 10.8. The summed E-state index contributed by atoms with van der Waals surface area (Å²) in [6, 6.07) is 11.5. The minimum atomic E-state index is -3.44. The van der Waals surface area contributed by atoms with E-state index in [1.165, 1.54) is 17.0 Å². The Balaban J connectivity index is 1.68. The van der Waals surface area contributed by atoms with E-state index in [0.717, 1.165) is 0 Å². The molecule has 10 heteroatoms. The highest BCUT2D eigenvalue weighted by Gasteiger charge is 2.29. The topological polar surface area (TPSA) is 103 Å². The highest BCUT2D eigenvalue weighted by atomic mass is 35.5. The van der Waals surface area contributed by atoms with Gasteiger partial charge in [-0.05, 0) is 30.3 Å². The number of sulfone groups is 1. The van der Waals surface area contributed by atoms with Gasteiger partial charge in [-0.2, -0.15) is 4.98 Å². The number of hydrogen-bond donors (Lipinski definition) is 0. The number of anilines is 1. The van der Waals surface area contributed by atoms with Crippen LogP contribution >= 0.6 is 11.6 Å². The van der Waals surface area contributed by atoms with Gasteiger partial charge in [-0.25, -0.2) is 8.42 Å². The molecule has 0 fully saturated rings. The van der Waals surface area contributed by atoms with Crippen molar-refractivity contribution in [2.75, 3.05) is 17.3 Å². The van der Waals surface area contributed by atoms with Gasteiger partial charge in [0.1, 0.15) is 12.3 Å². The van der Waals surface area contributed by atoms with E-state index in [1.54, 1.807) is 37.3 Å². The largest absolute Gasteiger partial charge is 0.482 e. The summed E-state index contributed by atoms with van der Waals surface area (Å²) in [6.45, 7) is 1.36. The van der Waals surface area contributed by atoms with Gasteiger partial charge in [0.15, 0.2) is 16.4 Å². The van der Waals surface area contributed by atoms with Gasteiger partial charge in [0.05, 0.1) is 21.4 Å². The Morgan fingerprint density at radius 3 is 2.76 bits per heavy atom. The molecule has 2 heterocycles. The van der Waals surface area contributed by atoms with Gasteiger partial charge >= 0.3 is 0 Å². The van der Waals surface area contributed by atoms with Crippen LogP contribution in [-0.2, 0) is 21.2 Å². The Bertz CT molecular complexity index is 1190. The lowest BCUT2D eigenvalue weighted by atomic mass is 10.2. The number of benzene rings is 2. The zero-order valence-corrected chi connectivity index (χ0v) is 16.9. The first-order valence-electron chi connectivity index (χ1n) is 8.76. The van der Waals surface area contributed by atoms with E-state index in [4.69, 9.17) is 20.9 Å². The molecule has 0 radical (unpaired) electrons. The molecule has 150 valence electrons. The molecular formula is C19H16ClN3O5S. The molecule has 1 aliphatic heterocycles. The Kier molecular flexibility index (Phi) is 5.01. The zero-order chi connectivity index (χ0) is 20.6. The molecule has 1 aliphatic rings. The molecule has 0 unspecified atom stereocenters. The first-order chi connectivity index (χ1) is 13.9. The minimum Gasteiger partial charge on any atom is -0.482 e. The summed E-state index contributed by atoms with van der Waals surface area (Å²) in [4.78, 5) is 18.3. The van der Waals surface area contributed by atoms with Crippen molar-refractivity contribution in [2.45, 2.75) is 18.4 Å². The van der Waals surface area contributed by atoms with Crippen molar-refractivity contribution < 1.29 is 22.5 Å². The quantitative estimate of drug-likeness (QED) is 0.609. The van der Waals surface area contributed by atoms with Gasteiger partial charge in [-0.3, -0.25) is 9.69 Å². The van der Waals surface area contributed by atoms with Crippen LogP contribution in [0.5, 0.6) is 5.75 Å². The molecular weight excluding hydrogens is 418 g/mol. The maximum absolute atomic E-state index is 12.5. The van der Waals surface area contributed by atoms with E-state index >= 15 is 0 Å². The fourth-order valence-corrected chi connectivity index (χ4v) is 4.04. The van der Waals surface area contributed by atoms with E-state index in [1.807, 2.05) is 0 Å². The highest BCUT2D eigenvalue weighted by molar-refractivity contribution is 7.91. The average molecular weight is 434 g/mol. The Labute approximate surface area is 172 Å². The lowest BCUT2D eigenvalue weighted by Gasteiger charge is -2.28. The first kappa shape index (κ1) is 19.4. The monoisotopic (exact) mass is 433 g/mol. The number of carbonyl (C=O) groups is 1. The molecule has 0 saturated heterocycles. The van der Waals surface area contributed by atoms with Crippen molar-refractivity contribution in [3.05, 3.63) is 53.4 Å². The van der Waals surface area contributed by atoms with E-state index in [9.17, 15) is 13.2 Å². The molecule has 0 N–H and O–H groups in total. The summed E-state index contributed by atoms with van der Waals surface area (Å²) in [6.07, 6.45) is 0. The summed E-state index contributed by atoms with van der Waals surface area (Å²) in [5, 5.41) is 4.40. The van der Waals surface area contributed by atoms with Gasteiger partial charge in [0.25, 0.3) is 5.91 Å². The van der Waals surface area contributed by atoms with E-state index < -0.39 is 9.84 Å². The molecule has 0 spiro atoms. The summed E-state index contributed by atoms with van der Waals surface area (Å²) in [7, 11) is -3.44. The summed E-state index contributed by atoms with van der Waals surface area (Å²) in [5.41, 5.74) is 0.947. The maximum Gasteiger partial charge on any atom is 0.265 e. The molecule has 8 nitrogen and oxygen atoms in total. The van der Waals surface area contributed by atoms with Crippen molar-refractivity contribution in [2.24, 2.45) is 0 Å². The number of fused-ring (bicyclic) bond motifs is 1. The number of ether oxygens (including phenoxy) is 1. The molecule has 4 rings (SSSR count). The SMILES string of the molecule is CCS(=O)(=O)c1ccc2c(c1)N(Cc1nc(-c3ccccc3Cl)no1)C(=O)CO2. The summed E-state index contributed by atoms with van der Waals surface area (Å²) in [5.74, 6) is 0.496. The number of carbonyl (C=O) groups excluding carboxylic acids is 1. The van der Waals surface area contributed by atoms with Crippen LogP contribution in [-0.4, -0.2) is 36.8 Å². The Morgan fingerprint density at radius 2 is 2.00 bits per heavy atom. The summed E-state index contributed by atoms with van der Waals surface area (Å²) < 4.78 is 35.2. The number of amides is 1. The van der Waals surface area contributed by atoms with Crippen molar-refractivity contribution in [1.29, 1.82) is 0 Å². The van der Waals surface area contributed by atoms with Crippen molar-refractivity contribution in [1.82, 2.24) is 10.1 Å². The number of aromatic nitrogens is 2. The normalized spacial score (nSPS) is 13.9. The van der Waals surface area contributed by atoms with Gasteiger partial charge in [0.2, 0.25) is 11.7 Å².